The molecule has 0 aliphatic carbocycles. The molecule has 1 aliphatic heterocycles. The van der Waals surface area contributed by atoms with E-state index in [0.717, 1.165) is 17.7 Å². The SMILES string of the molecule is CNCCNS(=O)(=O)c1ccc2c(c1)CCO2.Cl. The van der Waals surface area contributed by atoms with Crippen LogP contribution in [0, 0.1) is 0 Å². The van der Waals surface area contributed by atoms with Crippen LogP contribution in [-0.4, -0.2) is 35.2 Å². The molecule has 2 N–H and O–H groups in total. The molecule has 1 heterocycles. The van der Waals surface area contributed by atoms with Crippen LogP contribution in [0.25, 0.3) is 0 Å². The van der Waals surface area contributed by atoms with E-state index in [1.54, 1.807) is 25.2 Å². The number of nitrogens with one attached hydrogen (secondary N) is 2. The summed E-state index contributed by atoms with van der Waals surface area (Å²) in [4.78, 5) is 0.304. The van der Waals surface area contributed by atoms with Gasteiger partial charge in [0.1, 0.15) is 5.75 Å². The molecule has 0 spiro atoms. The summed E-state index contributed by atoms with van der Waals surface area (Å²) < 4.78 is 31.7. The van der Waals surface area contributed by atoms with Crippen LogP contribution < -0.4 is 14.8 Å². The van der Waals surface area contributed by atoms with Gasteiger partial charge in [0.15, 0.2) is 0 Å². The van der Waals surface area contributed by atoms with Gasteiger partial charge in [-0.3, -0.25) is 0 Å². The molecule has 1 aromatic carbocycles. The highest BCUT2D eigenvalue weighted by atomic mass is 35.5. The fourth-order valence-corrected chi connectivity index (χ4v) is 2.81. The number of rotatable bonds is 5. The quantitative estimate of drug-likeness (QED) is 0.778. The number of likely N-dealkylation sites (N-methyl/N-ethyl adjacent to an activating group) is 1. The largest absolute Gasteiger partial charge is 0.493 e. The van der Waals surface area contributed by atoms with E-state index in [2.05, 4.69) is 10.0 Å². The van der Waals surface area contributed by atoms with E-state index in [1.807, 2.05) is 0 Å². The number of hydrogen-bond donors (Lipinski definition) is 2. The Morgan fingerprint density at radius 1 is 1.33 bits per heavy atom. The van der Waals surface area contributed by atoms with Crippen molar-refractivity contribution in [2.75, 3.05) is 26.7 Å². The van der Waals surface area contributed by atoms with Crippen molar-refractivity contribution in [2.24, 2.45) is 0 Å². The van der Waals surface area contributed by atoms with Crippen molar-refractivity contribution in [1.82, 2.24) is 10.0 Å². The first-order valence-electron chi connectivity index (χ1n) is 5.53. The molecule has 0 atom stereocenters. The Balaban J connectivity index is 0.00000162. The summed E-state index contributed by atoms with van der Waals surface area (Å²) >= 11 is 0. The van der Waals surface area contributed by atoms with Gasteiger partial charge in [-0.1, -0.05) is 0 Å². The van der Waals surface area contributed by atoms with Gasteiger partial charge in [-0.25, -0.2) is 13.1 Å². The first-order valence-corrected chi connectivity index (χ1v) is 7.02. The topological polar surface area (TPSA) is 67.4 Å². The third kappa shape index (κ3) is 3.35. The molecule has 5 nitrogen and oxygen atoms in total. The van der Waals surface area contributed by atoms with Crippen LogP contribution in [0.15, 0.2) is 23.1 Å². The highest BCUT2D eigenvalue weighted by molar-refractivity contribution is 7.89. The lowest BCUT2D eigenvalue weighted by molar-refractivity contribution is 0.356. The van der Waals surface area contributed by atoms with E-state index in [9.17, 15) is 8.42 Å². The monoisotopic (exact) mass is 292 g/mol. The lowest BCUT2D eigenvalue weighted by atomic mass is 10.2. The number of benzene rings is 1. The highest BCUT2D eigenvalue weighted by Gasteiger charge is 2.18. The molecular weight excluding hydrogens is 276 g/mol. The number of sulfonamides is 1. The summed E-state index contributed by atoms with van der Waals surface area (Å²) in [6.45, 7) is 1.62. The molecule has 0 bridgehead atoms. The Hall–Kier alpha value is -0.820. The molecule has 2 rings (SSSR count). The first kappa shape index (κ1) is 15.2. The van der Waals surface area contributed by atoms with E-state index in [4.69, 9.17) is 4.74 Å². The fraction of sp³-hybridized carbons (Fsp3) is 0.455. The van der Waals surface area contributed by atoms with Crippen LogP contribution >= 0.6 is 12.4 Å². The van der Waals surface area contributed by atoms with Gasteiger partial charge in [0.05, 0.1) is 11.5 Å². The molecule has 0 unspecified atom stereocenters. The third-order valence-corrected chi connectivity index (χ3v) is 4.10. The second-order valence-electron chi connectivity index (χ2n) is 3.87. The van der Waals surface area contributed by atoms with Crippen molar-refractivity contribution in [3.63, 3.8) is 0 Å². The second-order valence-corrected chi connectivity index (χ2v) is 5.64. The first-order chi connectivity index (χ1) is 8.13. The van der Waals surface area contributed by atoms with Gasteiger partial charge in [-0.15, -0.1) is 12.4 Å². The van der Waals surface area contributed by atoms with Crippen molar-refractivity contribution in [3.8, 4) is 5.75 Å². The Kier molecular flexibility index (Phi) is 5.40. The molecule has 1 aliphatic rings. The lowest BCUT2D eigenvalue weighted by Crippen LogP contribution is -2.30. The van der Waals surface area contributed by atoms with Crippen molar-refractivity contribution < 1.29 is 13.2 Å². The standard InChI is InChI=1S/C11H16N2O3S.ClH/c1-12-5-6-13-17(14,15)10-2-3-11-9(8-10)4-7-16-11;/h2-3,8,12-13H,4-7H2,1H3;1H. The zero-order chi connectivity index (χ0) is 12.3. The Morgan fingerprint density at radius 3 is 2.83 bits per heavy atom. The predicted octanol–water partition coefficient (Wildman–Crippen LogP) is 0.541. The summed E-state index contributed by atoms with van der Waals surface area (Å²) in [6, 6.07) is 4.98. The van der Waals surface area contributed by atoms with Crippen molar-refractivity contribution in [2.45, 2.75) is 11.3 Å². The van der Waals surface area contributed by atoms with E-state index in [-0.39, 0.29) is 12.4 Å². The zero-order valence-electron chi connectivity index (χ0n) is 10.1. The van der Waals surface area contributed by atoms with Crippen LogP contribution in [0.4, 0.5) is 0 Å². The van der Waals surface area contributed by atoms with Gasteiger partial charge in [0.2, 0.25) is 10.0 Å². The highest BCUT2D eigenvalue weighted by Crippen LogP contribution is 2.27. The average molecular weight is 293 g/mol. The minimum absolute atomic E-state index is 0. The average Bonchev–Trinajstić information content (AvgIpc) is 2.76. The van der Waals surface area contributed by atoms with Gasteiger partial charge in [0, 0.05) is 19.5 Å². The van der Waals surface area contributed by atoms with Crippen LogP contribution in [0.2, 0.25) is 0 Å². The maximum atomic E-state index is 11.9. The number of hydrogen-bond acceptors (Lipinski definition) is 4. The molecule has 0 saturated carbocycles. The number of halogens is 1. The van der Waals surface area contributed by atoms with E-state index < -0.39 is 10.0 Å². The number of ether oxygens (including phenoxy) is 1. The summed E-state index contributed by atoms with van der Waals surface area (Å²) in [5, 5.41) is 2.89. The van der Waals surface area contributed by atoms with Crippen LogP contribution in [0.1, 0.15) is 5.56 Å². The maximum Gasteiger partial charge on any atom is 0.240 e. The maximum absolute atomic E-state index is 11.9. The molecule has 1 aromatic rings. The van der Waals surface area contributed by atoms with E-state index >= 15 is 0 Å². The van der Waals surface area contributed by atoms with Gasteiger partial charge < -0.3 is 10.1 Å². The molecule has 18 heavy (non-hydrogen) atoms. The summed E-state index contributed by atoms with van der Waals surface area (Å²) in [5.41, 5.74) is 0.960. The molecule has 0 amide bonds. The van der Waals surface area contributed by atoms with Crippen LogP contribution in [-0.2, 0) is 16.4 Å². The Morgan fingerprint density at radius 2 is 2.11 bits per heavy atom. The Bertz CT molecular complexity index is 505. The Labute approximate surface area is 113 Å². The predicted molar refractivity (Wildman–Crippen MR) is 72.0 cm³/mol. The van der Waals surface area contributed by atoms with Gasteiger partial charge in [0.25, 0.3) is 0 Å². The van der Waals surface area contributed by atoms with Crippen molar-refractivity contribution in [3.05, 3.63) is 23.8 Å². The molecule has 7 heteroatoms. The molecule has 102 valence electrons. The zero-order valence-corrected chi connectivity index (χ0v) is 11.7. The van der Waals surface area contributed by atoms with Gasteiger partial charge in [-0.2, -0.15) is 0 Å². The molecular formula is C11H17ClN2O3S. The van der Waals surface area contributed by atoms with Crippen molar-refractivity contribution >= 4 is 22.4 Å². The second kappa shape index (κ2) is 6.38. The minimum atomic E-state index is -3.40. The molecule has 0 saturated heterocycles. The lowest BCUT2D eigenvalue weighted by Gasteiger charge is -2.07. The van der Waals surface area contributed by atoms with Gasteiger partial charge in [-0.05, 0) is 30.8 Å². The molecule has 0 fully saturated rings. The van der Waals surface area contributed by atoms with E-state index in [1.165, 1.54) is 0 Å². The fourth-order valence-electron chi connectivity index (χ4n) is 1.72. The van der Waals surface area contributed by atoms with Gasteiger partial charge >= 0.3 is 0 Å². The molecule has 0 radical (unpaired) electrons. The van der Waals surface area contributed by atoms with Crippen molar-refractivity contribution in [1.29, 1.82) is 0 Å². The van der Waals surface area contributed by atoms with Crippen LogP contribution in [0.5, 0.6) is 5.75 Å². The minimum Gasteiger partial charge on any atom is -0.493 e. The van der Waals surface area contributed by atoms with E-state index in [0.29, 0.717) is 24.6 Å². The summed E-state index contributed by atoms with van der Waals surface area (Å²) in [6.07, 6.45) is 0.773. The smallest absolute Gasteiger partial charge is 0.240 e. The summed E-state index contributed by atoms with van der Waals surface area (Å²) in [5.74, 6) is 0.791. The molecule has 0 aromatic heterocycles. The number of fused-ring (bicyclic) bond motifs is 1. The summed E-state index contributed by atoms with van der Waals surface area (Å²) in [7, 11) is -1.62. The van der Waals surface area contributed by atoms with Crippen LogP contribution in [0.3, 0.4) is 0 Å². The third-order valence-electron chi connectivity index (χ3n) is 2.64. The normalized spacial score (nSPS) is 13.6.